The molecule has 0 aromatic heterocycles. The van der Waals surface area contributed by atoms with Gasteiger partial charge in [-0.3, -0.25) is 0 Å². The first-order valence-corrected chi connectivity index (χ1v) is 7.39. The average molecular weight is 269 g/mol. The highest BCUT2D eigenvalue weighted by Gasteiger charge is 2.48. The summed E-state index contributed by atoms with van der Waals surface area (Å²) >= 11 is 0. The van der Waals surface area contributed by atoms with Crippen molar-refractivity contribution < 1.29 is 14.6 Å². The molecule has 1 aliphatic carbocycles. The van der Waals surface area contributed by atoms with Crippen molar-refractivity contribution in [3.8, 4) is 0 Å². The molecule has 2 aliphatic rings. The number of amides is 1. The number of aliphatic hydroxyl groups is 1. The SMILES string of the molecule is CC1CCC2(CCN(C(=O)OC(C)(C)C)CC2)C1O. The predicted octanol–water partition coefficient (Wildman–Crippen LogP) is 2.79. The molecule has 0 radical (unpaired) electrons. The summed E-state index contributed by atoms with van der Waals surface area (Å²) in [5.74, 6) is 0.396. The van der Waals surface area contributed by atoms with E-state index in [0.717, 1.165) is 25.7 Å². The molecule has 1 spiro atoms. The van der Waals surface area contributed by atoms with Crippen LogP contribution in [-0.4, -0.2) is 40.9 Å². The minimum atomic E-state index is -0.437. The zero-order valence-electron chi connectivity index (χ0n) is 12.6. The van der Waals surface area contributed by atoms with Crippen LogP contribution in [0.2, 0.25) is 0 Å². The molecule has 2 rings (SSSR count). The minimum absolute atomic E-state index is 0.0535. The molecule has 0 bridgehead atoms. The fraction of sp³-hybridized carbons (Fsp3) is 0.933. The fourth-order valence-corrected chi connectivity index (χ4v) is 3.43. The third-order valence-electron chi connectivity index (χ3n) is 4.67. The van der Waals surface area contributed by atoms with Gasteiger partial charge in [0.2, 0.25) is 0 Å². The number of ether oxygens (including phenoxy) is 1. The highest BCUT2D eigenvalue weighted by Crippen LogP contribution is 2.48. The molecule has 1 aliphatic heterocycles. The molecular formula is C15H27NO3. The molecule has 2 atom stereocenters. The molecule has 1 saturated heterocycles. The van der Waals surface area contributed by atoms with Gasteiger partial charge in [0.25, 0.3) is 0 Å². The van der Waals surface area contributed by atoms with Crippen molar-refractivity contribution in [3.05, 3.63) is 0 Å². The molecule has 1 N–H and O–H groups in total. The number of aliphatic hydroxyl groups excluding tert-OH is 1. The molecule has 110 valence electrons. The highest BCUT2D eigenvalue weighted by molar-refractivity contribution is 5.68. The van der Waals surface area contributed by atoms with Crippen LogP contribution < -0.4 is 0 Å². The molecule has 2 fully saturated rings. The predicted molar refractivity (Wildman–Crippen MR) is 73.9 cm³/mol. The van der Waals surface area contributed by atoms with Crippen LogP contribution in [0.25, 0.3) is 0 Å². The summed E-state index contributed by atoms with van der Waals surface area (Å²) in [5.41, 5.74) is -0.383. The maximum absolute atomic E-state index is 12.0. The van der Waals surface area contributed by atoms with Crippen molar-refractivity contribution in [1.29, 1.82) is 0 Å². The zero-order valence-corrected chi connectivity index (χ0v) is 12.6. The second-order valence-electron chi connectivity index (χ2n) is 7.29. The van der Waals surface area contributed by atoms with Gasteiger partial charge in [-0.25, -0.2) is 4.79 Å². The number of likely N-dealkylation sites (tertiary alicyclic amines) is 1. The average Bonchev–Trinajstić information content (AvgIpc) is 2.57. The fourth-order valence-electron chi connectivity index (χ4n) is 3.43. The van der Waals surface area contributed by atoms with Crippen LogP contribution in [0.1, 0.15) is 53.4 Å². The Labute approximate surface area is 116 Å². The van der Waals surface area contributed by atoms with Crippen LogP contribution in [0.4, 0.5) is 4.79 Å². The van der Waals surface area contributed by atoms with Crippen LogP contribution in [-0.2, 0) is 4.74 Å². The first-order chi connectivity index (χ1) is 8.73. The number of hydrogen-bond acceptors (Lipinski definition) is 3. The number of hydrogen-bond donors (Lipinski definition) is 1. The Kier molecular flexibility index (Phi) is 3.83. The van der Waals surface area contributed by atoms with Crippen LogP contribution in [0.5, 0.6) is 0 Å². The van der Waals surface area contributed by atoms with Crippen LogP contribution >= 0.6 is 0 Å². The van der Waals surface area contributed by atoms with Gasteiger partial charge in [-0.1, -0.05) is 6.92 Å². The van der Waals surface area contributed by atoms with E-state index in [1.54, 1.807) is 4.90 Å². The van der Waals surface area contributed by atoms with Crippen LogP contribution in [0, 0.1) is 11.3 Å². The van der Waals surface area contributed by atoms with Gasteiger partial charge < -0.3 is 14.7 Å². The summed E-state index contributed by atoms with van der Waals surface area (Å²) < 4.78 is 5.40. The van der Waals surface area contributed by atoms with Gasteiger partial charge in [-0.15, -0.1) is 0 Å². The Morgan fingerprint density at radius 3 is 2.26 bits per heavy atom. The van der Waals surface area contributed by atoms with Gasteiger partial charge in [0.1, 0.15) is 5.60 Å². The third-order valence-corrected chi connectivity index (χ3v) is 4.67. The first kappa shape index (κ1) is 14.6. The Bertz CT molecular complexity index is 340. The Morgan fingerprint density at radius 2 is 1.84 bits per heavy atom. The van der Waals surface area contributed by atoms with Crippen molar-refractivity contribution in [1.82, 2.24) is 4.90 Å². The van der Waals surface area contributed by atoms with Crippen molar-refractivity contribution >= 4 is 6.09 Å². The summed E-state index contributed by atoms with van der Waals surface area (Å²) in [7, 11) is 0. The Balaban J connectivity index is 1.91. The largest absolute Gasteiger partial charge is 0.444 e. The van der Waals surface area contributed by atoms with E-state index in [2.05, 4.69) is 6.92 Å². The lowest BCUT2D eigenvalue weighted by Crippen LogP contribution is -2.48. The van der Waals surface area contributed by atoms with Crippen LogP contribution in [0.3, 0.4) is 0 Å². The second kappa shape index (κ2) is 4.97. The molecule has 0 aromatic carbocycles. The Morgan fingerprint density at radius 1 is 1.26 bits per heavy atom. The number of carbonyl (C=O) groups excluding carboxylic acids is 1. The summed E-state index contributed by atoms with van der Waals surface area (Å²) in [4.78, 5) is 13.8. The van der Waals surface area contributed by atoms with Crippen LogP contribution in [0.15, 0.2) is 0 Å². The maximum atomic E-state index is 12.0. The normalized spacial score (nSPS) is 30.7. The van der Waals surface area contributed by atoms with Crippen molar-refractivity contribution in [2.24, 2.45) is 11.3 Å². The van der Waals surface area contributed by atoms with Gasteiger partial charge in [-0.05, 0) is 57.8 Å². The number of piperidine rings is 1. The summed E-state index contributed by atoms with van der Waals surface area (Å²) in [6.07, 6.45) is 3.58. The number of carbonyl (C=O) groups is 1. The molecule has 4 nitrogen and oxygen atoms in total. The van der Waals surface area contributed by atoms with E-state index in [1.165, 1.54) is 0 Å². The topological polar surface area (TPSA) is 49.8 Å². The molecule has 1 saturated carbocycles. The van der Waals surface area contributed by atoms with E-state index < -0.39 is 5.60 Å². The first-order valence-electron chi connectivity index (χ1n) is 7.39. The molecule has 4 heteroatoms. The molecule has 2 unspecified atom stereocenters. The smallest absolute Gasteiger partial charge is 0.410 e. The monoisotopic (exact) mass is 269 g/mol. The third kappa shape index (κ3) is 3.04. The lowest BCUT2D eigenvalue weighted by Gasteiger charge is -2.42. The molecule has 19 heavy (non-hydrogen) atoms. The van der Waals surface area contributed by atoms with E-state index in [1.807, 2.05) is 20.8 Å². The van der Waals surface area contributed by atoms with E-state index in [-0.39, 0.29) is 17.6 Å². The maximum Gasteiger partial charge on any atom is 0.410 e. The highest BCUT2D eigenvalue weighted by atomic mass is 16.6. The van der Waals surface area contributed by atoms with Gasteiger partial charge >= 0.3 is 6.09 Å². The van der Waals surface area contributed by atoms with Crippen molar-refractivity contribution in [2.45, 2.75) is 65.1 Å². The van der Waals surface area contributed by atoms with E-state index in [4.69, 9.17) is 4.74 Å². The van der Waals surface area contributed by atoms with E-state index in [0.29, 0.717) is 19.0 Å². The zero-order chi connectivity index (χ0) is 14.3. The molecule has 1 amide bonds. The summed E-state index contributed by atoms with van der Waals surface area (Å²) in [6, 6.07) is 0. The van der Waals surface area contributed by atoms with Gasteiger partial charge in [0, 0.05) is 13.1 Å². The van der Waals surface area contributed by atoms with Gasteiger partial charge in [-0.2, -0.15) is 0 Å². The standard InChI is InChI=1S/C15H27NO3/c1-11-5-6-15(12(11)17)7-9-16(10-8-15)13(18)19-14(2,3)4/h11-12,17H,5-10H2,1-4H3. The van der Waals surface area contributed by atoms with Crippen molar-refractivity contribution in [2.75, 3.05) is 13.1 Å². The lowest BCUT2D eigenvalue weighted by molar-refractivity contribution is -0.0277. The van der Waals surface area contributed by atoms with E-state index >= 15 is 0 Å². The van der Waals surface area contributed by atoms with E-state index in [9.17, 15) is 9.90 Å². The summed E-state index contributed by atoms with van der Waals surface area (Å²) in [5, 5.41) is 10.3. The molecular weight excluding hydrogens is 242 g/mol. The summed E-state index contributed by atoms with van der Waals surface area (Å²) in [6.45, 7) is 9.20. The molecule has 0 aromatic rings. The Hall–Kier alpha value is -0.770. The van der Waals surface area contributed by atoms with Gasteiger partial charge in [0.05, 0.1) is 6.10 Å². The van der Waals surface area contributed by atoms with Gasteiger partial charge in [0.15, 0.2) is 0 Å². The minimum Gasteiger partial charge on any atom is -0.444 e. The van der Waals surface area contributed by atoms with Crippen molar-refractivity contribution in [3.63, 3.8) is 0 Å². The number of rotatable bonds is 0. The second-order valence-corrected chi connectivity index (χ2v) is 7.29. The molecule has 1 heterocycles. The lowest BCUT2D eigenvalue weighted by atomic mass is 9.74. The number of nitrogens with zero attached hydrogens (tertiary/aromatic N) is 1. The quantitative estimate of drug-likeness (QED) is 0.735.